The smallest absolute Gasteiger partial charge is 0.299 e. The highest BCUT2D eigenvalue weighted by Gasteiger charge is 2.23. The van der Waals surface area contributed by atoms with Gasteiger partial charge in [0.2, 0.25) is 0 Å². The van der Waals surface area contributed by atoms with Gasteiger partial charge in [-0.2, -0.15) is 18.2 Å². The number of halogens is 2. The van der Waals surface area contributed by atoms with Crippen LogP contribution in [0.5, 0.6) is 0 Å². The first kappa shape index (κ1) is 20.5. The van der Waals surface area contributed by atoms with E-state index in [0.717, 1.165) is 6.07 Å². The topological polar surface area (TPSA) is 117 Å². The number of nitrogens with zero attached hydrogens (tertiary/aromatic N) is 2. The summed E-state index contributed by atoms with van der Waals surface area (Å²) < 4.78 is 44.1. The molecule has 3 aromatic rings. The van der Waals surface area contributed by atoms with Crippen molar-refractivity contribution >= 4 is 50.0 Å². The lowest BCUT2D eigenvalue weighted by Gasteiger charge is -2.27. The summed E-state index contributed by atoms with van der Waals surface area (Å²) in [7, 11) is -2.13. The van der Waals surface area contributed by atoms with Gasteiger partial charge in [0.15, 0.2) is 0 Å². The zero-order valence-corrected chi connectivity index (χ0v) is 17.3. The molecule has 1 aromatic heterocycles. The van der Waals surface area contributed by atoms with E-state index in [9.17, 15) is 17.6 Å². The maximum atomic E-state index is 13.3. The molecule has 2 aromatic carbocycles. The number of anilines is 2. The van der Waals surface area contributed by atoms with Crippen LogP contribution in [0.4, 0.5) is 15.8 Å². The van der Waals surface area contributed by atoms with Gasteiger partial charge in [-0.25, -0.2) is 4.39 Å². The SMILES string of the molecule is Cn1nc2cc(NS(=O)(=O)NC3CNC3)ccc2c1C(=O)Nc1ccc(F)c(Cl)c1. The van der Waals surface area contributed by atoms with Crippen molar-refractivity contribution < 1.29 is 17.6 Å². The van der Waals surface area contributed by atoms with E-state index < -0.39 is 21.9 Å². The van der Waals surface area contributed by atoms with Crippen molar-refractivity contribution in [2.24, 2.45) is 7.05 Å². The summed E-state index contributed by atoms with van der Waals surface area (Å²) in [4.78, 5) is 12.7. The molecule has 0 aliphatic carbocycles. The van der Waals surface area contributed by atoms with Crippen molar-refractivity contribution in [2.75, 3.05) is 23.1 Å². The highest BCUT2D eigenvalue weighted by atomic mass is 35.5. The molecule has 0 bridgehead atoms. The van der Waals surface area contributed by atoms with Crippen LogP contribution in [0.3, 0.4) is 0 Å². The molecule has 0 saturated carbocycles. The number of rotatable bonds is 6. The zero-order chi connectivity index (χ0) is 21.5. The van der Waals surface area contributed by atoms with Crippen LogP contribution in [0.2, 0.25) is 5.02 Å². The van der Waals surface area contributed by atoms with Crippen LogP contribution in [-0.4, -0.2) is 43.2 Å². The van der Waals surface area contributed by atoms with Crippen LogP contribution in [0.15, 0.2) is 36.4 Å². The number of hydrogen-bond acceptors (Lipinski definition) is 5. The van der Waals surface area contributed by atoms with Crippen molar-refractivity contribution in [3.05, 3.63) is 52.9 Å². The molecule has 9 nitrogen and oxygen atoms in total. The molecule has 0 atom stereocenters. The fraction of sp³-hybridized carbons (Fsp3) is 0.222. The molecule has 1 amide bonds. The minimum absolute atomic E-state index is 0.106. The highest BCUT2D eigenvalue weighted by Crippen LogP contribution is 2.24. The summed E-state index contributed by atoms with van der Waals surface area (Å²) in [5.74, 6) is -1.05. The Bertz CT molecular complexity index is 1240. The van der Waals surface area contributed by atoms with Gasteiger partial charge in [0.05, 0.1) is 16.2 Å². The first-order valence-corrected chi connectivity index (χ1v) is 10.8. The average Bonchev–Trinajstić information content (AvgIpc) is 2.96. The molecule has 12 heteroatoms. The van der Waals surface area contributed by atoms with E-state index in [-0.39, 0.29) is 16.8 Å². The van der Waals surface area contributed by atoms with E-state index in [4.69, 9.17) is 11.6 Å². The average molecular weight is 453 g/mol. The second kappa shape index (κ2) is 7.84. The number of nitrogens with one attached hydrogen (secondary N) is 4. The lowest BCUT2D eigenvalue weighted by atomic mass is 10.2. The van der Waals surface area contributed by atoms with E-state index in [1.165, 1.54) is 16.8 Å². The molecule has 1 fully saturated rings. The van der Waals surface area contributed by atoms with Gasteiger partial charge in [0.25, 0.3) is 16.1 Å². The molecule has 0 spiro atoms. The zero-order valence-electron chi connectivity index (χ0n) is 15.7. The summed E-state index contributed by atoms with van der Waals surface area (Å²) >= 11 is 5.75. The summed E-state index contributed by atoms with van der Waals surface area (Å²) in [6.07, 6.45) is 0. The Morgan fingerprint density at radius 2 is 1.97 bits per heavy atom. The van der Waals surface area contributed by atoms with E-state index in [1.54, 1.807) is 25.2 Å². The molecule has 2 heterocycles. The predicted octanol–water partition coefficient (Wildman–Crippen LogP) is 1.84. The fourth-order valence-corrected chi connectivity index (χ4v) is 4.36. The lowest BCUT2D eigenvalue weighted by molar-refractivity contribution is 0.101. The molecule has 158 valence electrons. The van der Waals surface area contributed by atoms with Crippen LogP contribution in [0, 0.1) is 5.82 Å². The van der Waals surface area contributed by atoms with Crippen LogP contribution in [0.25, 0.3) is 10.9 Å². The summed E-state index contributed by atoms with van der Waals surface area (Å²) in [6.45, 7) is 1.16. The third kappa shape index (κ3) is 4.24. The van der Waals surface area contributed by atoms with Crippen LogP contribution in [0.1, 0.15) is 10.5 Å². The molecule has 1 aliphatic heterocycles. The number of amides is 1. The minimum atomic E-state index is -3.73. The van der Waals surface area contributed by atoms with Crippen molar-refractivity contribution in [1.29, 1.82) is 0 Å². The number of aromatic nitrogens is 2. The highest BCUT2D eigenvalue weighted by molar-refractivity contribution is 7.90. The standard InChI is InChI=1S/C18H18ClFN6O3S/c1-26-17(18(27)22-10-3-5-15(20)14(19)6-10)13-4-2-11(7-16(13)23-26)24-30(28,29)25-12-8-21-9-12/h2-7,12,21,24-25H,8-9H2,1H3,(H,22,27). The van der Waals surface area contributed by atoms with Gasteiger partial charge in [-0.3, -0.25) is 14.2 Å². The third-order valence-corrected chi connectivity index (χ3v) is 6.02. The first-order chi connectivity index (χ1) is 14.2. The van der Waals surface area contributed by atoms with Gasteiger partial charge in [0, 0.05) is 37.3 Å². The number of aryl methyl sites for hydroxylation is 1. The van der Waals surface area contributed by atoms with E-state index in [2.05, 4.69) is 25.2 Å². The first-order valence-electron chi connectivity index (χ1n) is 8.96. The Morgan fingerprint density at radius 3 is 2.63 bits per heavy atom. The monoisotopic (exact) mass is 452 g/mol. The van der Waals surface area contributed by atoms with Crippen LogP contribution >= 0.6 is 11.6 Å². The van der Waals surface area contributed by atoms with Gasteiger partial charge in [-0.05, 0) is 36.4 Å². The Labute approximate surface area is 176 Å². The normalized spacial score (nSPS) is 14.5. The van der Waals surface area contributed by atoms with Crippen molar-refractivity contribution in [1.82, 2.24) is 19.8 Å². The van der Waals surface area contributed by atoms with E-state index >= 15 is 0 Å². The largest absolute Gasteiger partial charge is 0.321 e. The van der Waals surface area contributed by atoms with Crippen LogP contribution in [-0.2, 0) is 17.3 Å². The molecular weight excluding hydrogens is 435 g/mol. The Kier molecular flexibility index (Phi) is 5.36. The Morgan fingerprint density at radius 1 is 1.23 bits per heavy atom. The van der Waals surface area contributed by atoms with Gasteiger partial charge in [-0.15, -0.1) is 0 Å². The quantitative estimate of drug-likeness (QED) is 0.455. The number of fused-ring (bicyclic) bond motifs is 1. The second-order valence-corrected chi connectivity index (χ2v) is 8.72. The molecule has 4 rings (SSSR count). The van der Waals surface area contributed by atoms with Gasteiger partial charge < -0.3 is 10.6 Å². The van der Waals surface area contributed by atoms with E-state index in [1.807, 2.05) is 0 Å². The summed E-state index contributed by atoms with van der Waals surface area (Å²) in [5.41, 5.74) is 1.35. The molecular formula is C18H18ClFN6O3S. The van der Waals surface area contributed by atoms with Crippen molar-refractivity contribution in [3.63, 3.8) is 0 Å². The van der Waals surface area contributed by atoms with E-state index in [0.29, 0.717) is 35.4 Å². The van der Waals surface area contributed by atoms with Crippen LogP contribution < -0.4 is 20.1 Å². The number of carbonyl (C=O) groups excluding carboxylic acids is 1. The Balaban J connectivity index is 1.56. The minimum Gasteiger partial charge on any atom is -0.321 e. The predicted molar refractivity (Wildman–Crippen MR) is 112 cm³/mol. The lowest BCUT2D eigenvalue weighted by Crippen LogP contribution is -2.57. The van der Waals surface area contributed by atoms with Gasteiger partial charge in [0.1, 0.15) is 11.5 Å². The second-order valence-electron chi connectivity index (χ2n) is 6.87. The number of benzene rings is 2. The molecule has 30 heavy (non-hydrogen) atoms. The maximum absolute atomic E-state index is 13.3. The third-order valence-electron chi connectivity index (χ3n) is 4.58. The Hall–Kier alpha value is -2.73. The summed E-state index contributed by atoms with van der Waals surface area (Å²) in [5, 5.41) is 10.4. The molecule has 4 N–H and O–H groups in total. The number of carbonyl (C=O) groups is 1. The molecule has 0 radical (unpaired) electrons. The van der Waals surface area contributed by atoms with Gasteiger partial charge >= 0.3 is 0 Å². The number of hydrogen-bond donors (Lipinski definition) is 4. The molecule has 1 saturated heterocycles. The van der Waals surface area contributed by atoms with Gasteiger partial charge in [-0.1, -0.05) is 11.6 Å². The molecule has 1 aliphatic rings. The van der Waals surface area contributed by atoms with Crippen molar-refractivity contribution in [3.8, 4) is 0 Å². The maximum Gasteiger partial charge on any atom is 0.299 e. The summed E-state index contributed by atoms with van der Waals surface area (Å²) in [6, 6.07) is 8.42. The molecule has 0 unspecified atom stereocenters. The fourth-order valence-electron chi connectivity index (χ4n) is 3.07. The van der Waals surface area contributed by atoms with Crippen molar-refractivity contribution in [2.45, 2.75) is 6.04 Å².